The molecule has 0 fully saturated rings. The first-order valence-electron chi connectivity index (χ1n) is 7.05. The Labute approximate surface area is 124 Å². The molecule has 1 aromatic rings. The molecule has 6 heteroatoms. The summed E-state index contributed by atoms with van der Waals surface area (Å²) in [5.74, 6) is -0.310. The van der Waals surface area contributed by atoms with Gasteiger partial charge in [0.2, 0.25) is 5.91 Å². The van der Waals surface area contributed by atoms with Gasteiger partial charge in [0.1, 0.15) is 6.04 Å². The second-order valence-corrected chi connectivity index (χ2v) is 4.99. The van der Waals surface area contributed by atoms with Crippen molar-refractivity contribution in [3.8, 4) is 0 Å². The molecule has 1 aromatic carbocycles. The van der Waals surface area contributed by atoms with Crippen LogP contribution in [0.15, 0.2) is 24.3 Å². The molecule has 0 radical (unpaired) electrons. The summed E-state index contributed by atoms with van der Waals surface area (Å²) in [6.07, 6.45) is 0.726. The first kappa shape index (κ1) is 17.0. The Hall–Kier alpha value is -2.08. The minimum atomic E-state index is -1.20. The molecule has 0 heterocycles. The van der Waals surface area contributed by atoms with E-state index in [0.29, 0.717) is 25.9 Å². The molecule has 0 aromatic heterocycles. The molecule has 6 nitrogen and oxygen atoms in total. The normalized spacial score (nSPS) is 11.7. The number of benzene rings is 1. The van der Waals surface area contributed by atoms with Gasteiger partial charge in [-0.05, 0) is 38.3 Å². The number of unbranched alkanes of at least 4 members (excludes halogenated alkanes) is 1. The van der Waals surface area contributed by atoms with E-state index in [2.05, 4.69) is 10.6 Å². The number of aryl methyl sites for hydroxylation is 1. The van der Waals surface area contributed by atoms with Gasteiger partial charge in [-0.2, -0.15) is 0 Å². The van der Waals surface area contributed by atoms with E-state index in [9.17, 15) is 9.59 Å². The number of hydrogen-bond acceptors (Lipinski definition) is 3. The van der Waals surface area contributed by atoms with Crippen LogP contribution in [0.25, 0.3) is 0 Å². The minimum Gasteiger partial charge on any atom is -0.465 e. The summed E-state index contributed by atoms with van der Waals surface area (Å²) in [5.41, 5.74) is 7.53. The lowest BCUT2D eigenvalue weighted by molar-refractivity contribution is -0.123. The van der Waals surface area contributed by atoms with Crippen molar-refractivity contribution in [2.24, 2.45) is 5.73 Å². The van der Waals surface area contributed by atoms with Crippen LogP contribution in [0.5, 0.6) is 0 Å². The number of carbonyl (C=O) groups excluding carboxylic acids is 1. The Morgan fingerprint density at radius 2 is 1.90 bits per heavy atom. The fourth-order valence-corrected chi connectivity index (χ4v) is 1.93. The zero-order chi connectivity index (χ0) is 15.7. The first-order chi connectivity index (χ1) is 10.0. The van der Waals surface area contributed by atoms with Crippen molar-refractivity contribution in [2.75, 3.05) is 6.54 Å². The lowest BCUT2D eigenvalue weighted by Crippen LogP contribution is -2.46. The average molecular weight is 293 g/mol. The third-order valence-electron chi connectivity index (χ3n) is 3.15. The van der Waals surface area contributed by atoms with Crippen molar-refractivity contribution < 1.29 is 14.7 Å². The van der Waals surface area contributed by atoms with E-state index in [1.54, 1.807) is 0 Å². The Morgan fingerprint density at radius 1 is 1.24 bits per heavy atom. The molecule has 0 spiro atoms. The quantitative estimate of drug-likeness (QED) is 0.543. The van der Waals surface area contributed by atoms with E-state index < -0.39 is 12.1 Å². The monoisotopic (exact) mass is 293 g/mol. The Bertz CT molecular complexity index is 460. The van der Waals surface area contributed by atoms with Crippen LogP contribution < -0.4 is 16.4 Å². The maximum Gasteiger partial charge on any atom is 0.405 e. The zero-order valence-electron chi connectivity index (χ0n) is 12.3. The molecule has 0 unspecified atom stereocenters. The highest BCUT2D eigenvalue weighted by molar-refractivity contribution is 5.85. The summed E-state index contributed by atoms with van der Waals surface area (Å²) in [7, 11) is 0. The summed E-state index contributed by atoms with van der Waals surface area (Å²) in [6, 6.07) is 7.07. The van der Waals surface area contributed by atoms with Gasteiger partial charge in [-0.15, -0.1) is 0 Å². The SMILES string of the molecule is Cc1ccc(CNC(=O)[C@H](CCCCN)NC(=O)O)cc1. The van der Waals surface area contributed by atoms with Crippen LogP contribution >= 0.6 is 0 Å². The molecule has 1 atom stereocenters. The Morgan fingerprint density at radius 3 is 2.48 bits per heavy atom. The number of hydrogen-bond donors (Lipinski definition) is 4. The number of amides is 2. The lowest BCUT2D eigenvalue weighted by Gasteiger charge is -2.16. The van der Waals surface area contributed by atoms with Gasteiger partial charge in [0.05, 0.1) is 0 Å². The first-order valence-corrected chi connectivity index (χ1v) is 7.05. The van der Waals surface area contributed by atoms with E-state index in [0.717, 1.165) is 17.5 Å². The van der Waals surface area contributed by atoms with Gasteiger partial charge in [-0.3, -0.25) is 4.79 Å². The van der Waals surface area contributed by atoms with Crippen molar-refractivity contribution >= 4 is 12.0 Å². The highest BCUT2D eigenvalue weighted by Crippen LogP contribution is 2.04. The maximum atomic E-state index is 12.0. The van der Waals surface area contributed by atoms with Crippen LogP contribution in [0.2, 0.25) is 0 Å². The predicted molar refractivity (Wildman–Crippen MR) is 80.9 cm³/mol. The number of nitrogens with one attached hydrogen (secondary N) is 2. The topological polar surface area (TPSA) is 104 Å². The van der Waals surface area contributed by atoms with Crippen LogP contribution in [0.1, 0.15) is 30.4 Å². The number of carbonyl (C=O) groups is 2. The molecule has 2 amide bonds. The van der Waals surface area contributed by atoms with Gasteiger partial charge in [-0.25, -0.2) is 4.79 Å². The van der Waals surface area contributed by atoms with Gasteiger partial charge in [-0.1, -0.05) is 29.8 Å². The third-order valence-corrected chi connectivity index (χ3v) is 3.15. The number of carboxylic acid groups (broad SMARTS) is 1. The molecule has 116 valence electrons. The fourth-order valence-electron chi connectivity index (χ4n) is 1.93. The molecule has 0 aliphatic carbocycles. The Balaban J connectivity index is 2.50. The zero-order valence-corrected chi connectivity index (χ0v) is 12.3. The maximum absolute atomic E-state index is 12.0. The minimum absolute atomic E-state index is 0.310. The molecule has 0 saturated heterocycles. The fraction of sp³-hybridized carbons (Fsp3) is 0.467. The molecule has 0 bridgehead atoms. The highest BCUT2D eigenvalue weighted by atomic mass is 16.4. The average Bonchev–Trinajstić information content (AvgIpc) is 2.45. The van der Waals surface area contributed by atoms with E-state index in [-0.39, 0.29) is 5.91 Å². The molecule has 0 aliphatic heterocycles. The van der Waals surface area contributed by atoms with Crippen molar-refractivity contribution in [1.29, 1.82) is 0 Å². The summed E-state index contributed by atoms with van der Waals surface area (Å²) in [6.45, 7) is 2.91. The predicted octanol–water partition coefficient (Wildman–Crippen LogP) is 1.38. The van der Waals surface area contributed by atoms with Crippen LogP contribution in [0.3, 0.4) is 0 Å². The van der Waals surface area contributed by atoms with Gasteiger partial charge in [0.15, 0.2) is 0 Å². The molecule has 21 heavy (non-hydrogen) atoms. The molecule has 1 rings (SSSR count). The van der Waals surface area contributed by atoms with Crippen LogP contribution in [0.4, 0.5) is 4.79 Å². The number of nitrogens with two attached hydrogens (primary N) is 1. The summed E-state index contributed by atoms with van der Waals surface area (Å²) < 4.78 is 0. The second kappa shape index (κ2) is 8.97. The molecular formula is C15H23N3O3. The van der Waals surface area contributed by atoms with Crippen LogP contribution in [0, 0.1) is 6.92 Å². The van der Waals surface area contributed by atoms with Gasteiger partial charge in [0.25, 0.3) is 0 Å². The van der Waals surface area contributed by atoms with E-state index in [1.165, 1.54) is 0 Å². The van der Waals surface area contributed by atoms with E-state index in [4.69, 9.17) is 10.8 Å². The van der Waals surface area contributed by atoms with Crippen molar-refractivity contribution in [3.05, 3.63) is 35.4 Å². The van der Waals surface area contributed by atoms with Crippen LogP contribution in [-0.4, -0.2) is 29.7 Å². The third kappa shape index (κ3) is 6.76. The molecular weight excluding hydrogens is 270 g/mol. The molecule has 5 N–H and O–H groups in total. The molecule has 0 saturated carbocycles. The van der Waals surface area contributed by atoms with Gasteiger partial charge >= 0.3 is 6.09 Å². The van der Waals surface area contributed by atoms with Crippen molar-refractivity contribution in [1.82, 2.24) is 10.6 Å². The summed E-state index contributed by atoms with van der Waals surface area (Å²) >= 11 is 0. The van der Waals surface area contributed by atoms with Crippen molar-refractivity contribution in [3.63, 3.8) is 0 Å². The van der Waals surface area contributed by atoms with Gasteiger partial charge < -0.3 is 21.5 Å². The van der Waals surface area contributed by atoms with Crippen molar-refractivity contribution in [2.45, 2.75) is 38.8 Å². The lowest BCUT2D eigenvalue weighted by atomic mass is 10.1. The highest BCUT2D eigenvalue weighted by Gasteiger charge is 2.19. The smallest absolute Gasteiger partial charge is 0.405 e. The number of rotatable bonds is 8. The summed E-state index contributed by atoms with van der Waals surface area (Å²) in [5, 5.41) is 13.8. The van der Waals surface area contributed by atoms with E-state index in [1.807, 2.05) is 31.2 Å². The second-order valence-electron chi connectivity index (χ2n) is 4.99. The van der Waals surface area contributed by atoms with E-state index >= 15 is 0 Å². The standard InChI is InChI=1S/C15H23N3O3/c1-11-5-7-12(8-6-11)10-17-14(19)13(18-15(20)21)4-2-3-9-16/h5-8,13,18H,2-4,9-10,16H2,1H3,(H,17,19)(H,20,21)/t13-/m0/s1. The van der Waals surface area contributed by atoms with Gasteiger partial charge in [0, 0.05) is 6.54 Å². The largest absolute Gasteiger partial charge is 0.465 e. The molecule has 0 aliphatic rings. The van der Waals surface area contributed by atoms with Crippen LogP contribution in [-0.2, 0) is 11.3 Å². The Kier molecular flexibility index (Phi) is 7.25. The summed E-state index contributed by atoms with van der Waals surface area (Å²) in [4.78, 5) is 22.8.